The van der Waals surface area contributed by atoms with Gasteiger partial charge in [0, 0.05) is 13.0 Å². The monoisotopic (exact) mass is 212 g/mol. The second-order valence-electron chi connectivity index (χ2n) is 3.80. The zero-order chi connectivity index (χ0) is 11.4. The number of aromatic nitrogens is 3. The molecule has 0 saturated carbocycles. The van der Waals surface area contributed by atoms with E-state index in [1.165, 1.54) is 0 Å². The van der Waals surface area contributed by atoms with Crippen molar-refractivity contribution in [3.63, 3.8) is 0 Å². The summed E-state index contributed by atoms with van der Waals surface area (Å²) >= 11 is 0. The quantitative estimate of drug-likeness (QED) is 0.723. The van der Waals surface area contributed by atoms with Gasteiger partial charge in [-0.05, 0) is 12.5 Å². The Bertz CT molecular complexity index is 346. The van der Waals surface area contributed by atoms with Crippen LogP contribution in [0, 0.1) is 5.92 Å². The maximum atomic E-state index is 10.8. The summed E-state index contributed by atoms with van der Waals surface area (Å²) < 4.78 is 1.63. The van der Waals surface area contributed by atoms with Crippen molar-refractivity contribution in [1.29, 1.82) is 0 Å². The van der Waals surface area contributed by atoms with Crippen LogP contribution in [0.2, 0.25) is 0 Å². The van der Waals surface area contributed by atoms with Crippen molar-refractivity contribution in [2.45, 2.75) is 26.8 Å². The second kappa shape index (κ2) is 4.88. The molecule has 0 unspecified atom stereocenters. The third-order valence-corrected chi connectivity index (χ3v) is 1.96. The number of nitrogens with zero attached hydrogens (tertiary/aromatic N) is 3. The molecular weight excluding hydrogens is 196 g/mol. The molecule has 1 aromatic heterocycles. The van der Waals surface area contributed by atoms with Gasteiger partial charge in [-0.3, -0.25) is 0 Å². The van der Waals surface area contributed by atoms with Crippen molar-refractivity contribution in [2.24, 2.45) is 11.7 Å². The number of carboxylic acid groups (broad SMARTS) is 1. The zero-order valence-corrected chi connectivity index (χ0v) is 8.97. The fourth-order valence-electron chi connectivity index (χ4n) is 1.38. The molecule has 0 saturated heterocycles. The van der Waals surface area contributed by atoms with Gasteiger partial charge in [-0.2, -0.15) is 0 Å². The highest BCUT2D eigenvalue weighted by Crippen LogP contribution is 2.08. The summed E-state index contributed by atoms with van der Waals surface area (Å²) in [7, 11) is 0. The van der Waals surface area contributed by atoms with Gasteiger partial charge in [-0.1, -0.05) is 19.1 Å². The summed E-state index contributed by atoms with van der Waals surface area (Å²) in [5.41, 5.74) is 6.05. The molecule has 0 aliphatic carbocycles. The van der Waals surface area contributed by atoms with E-state index in [2.05, 4.69) is 10.3 Å². The molecule has 0 aliphatic heterocycles. The number of hydrogen-bond donors (Lipinski definition) is 2. The van der Waals surface area contributed by atoms with Gasteiger partial charge in [-0.15, -0.1) is 5.10 Å². The summed E-state index contributed by atoms with van der Waals surface area (Å²) in [6.07, 6.45) is 0.487. The van der Waals surface area contributed by atoms with Crippen molar-refractivity contribution in [3.8, 4) is 0 Å². The fraction of sp³-hybridized carbons (Fsp3) is 0.667. The van der Waals surface area contributed by atoms with Crippen molar-refractivity contribution < 1.29 is 9.90 Å². The molecular formula is C9H16N4O2. The standard InChI is InChI=1S/C9H16N4O2/c1-6(2)5-13-7(3-4-10)8(9(14)15)11-12-13/h6H,3-5,10H2,1-2H3,(H,14,15). The summed E-state index contributed by atoms with van der Waals surface area (Å²) in [6, 6.07) is 0. The molecule has 0 spiro atoms. The maximum absolute atomic E-state index is 10.8. The maximum Gasteiger partial charge on any atom is 0.358 e. The molecule has 0 aromatic carbocycles. The fourth-order valence-corrected chi connectivity index (χ4v) is 1.38. The number of aromatic carboxylic acids is 1. The van der Waals surface area contributed by atoms with Crippen LogP contribution < -0.4 is 5.73 Å². The largest absolute Gasteiger partial charge is 0.476 e. The Morgan fingerprint density at radius 2 is 2.27 bits per heavy atom. The normalized spacial score (nSPS) is 10.9. The predicted octanol–water partition coefficient (Wildman–Crippen LogP) is 0.133. The summed E-state index contributed by atoms with van der Waals surface area (Å²) in [5, 5.41) is 16.4. The van der Waals surface area contributed by atoms with Crippen LogP contribution in [0.4, 0.5) is 0 Å². The SMILES string of the molecule is CC(C)Cn1nnc(C(=O)O)c1CCN. The Hall–Kier alpha value is -1.43. The number of rotatable bonds is 5. The van der Waals surface area contributed by atoms with Gasteiger partial charge in [0.1, 0.15) is 0 Å². The van der Waals surface area contributed by atoms with E-state index in [9.17, 15) is 4.79 Å². The highest BCUT2D eigenvalue weighted by Gasteiger charge is 2.18. The molecule has 0 amide bonds. The lowest BCUT2D eigenvalue weighted by Crippen LogP contribution is -2.15. The minimum atomic E-state index is -1.05. The van der Waals surface area contributed by atoms with Gasteiger partial charge in [0.2, 0.25) is 0 Å². The molecule has 3 N–H and O–H groups in total. The van der Waals surface area contributed by atoms with Gasteiger partial charge in [0.05, 0.1) is 5.69 Å². The van der Waals surface area contributed by atoms with Gasteiger partial charge in [0.15, 0.2) is 5.69 Å². The van der Waals surface area contributed by atoms with Crippen LogP contribution in [0.3, 0.4) is 0 Å². The topological polar surface area (TPSA) is 94.0 Å². The Morgan fingerprint density at radius 1 is 1.60 bits per heavy atom. The Balaban J connectivity index is 3.00. The van der Waals surface area contributed by atoms with Crippen LogP contribution in [0.1, 0.15) is 30.0 Å². The third kappa shape index (κ3) is 2.76. The van der Waals surface area contributed by atoms with Crippen molar-refractivity contribution in [2.75, 3.05) is 6.54 Å². The van der Waals surface area contributed by atoms with E-state index in [0.29, 0.717) is 31.1 Å². The number of carboxylic acids is 1. The Kier molecular flexibility index (Phi) is 3.79. The first-order valence-corrected chi connectivity index (χ1v) is 4.92. The van der Waals surface area contributed by atoms with Gasteiger partial charge >= 0.3 is 5.97 Å². The average molecular weight is 212 g/mol. The second-order valence-corrected chi connectivity index (χ2v) is 3.80. The van der Waals surface area contributed by atoms with Crippen LogP contribution in [0.15, 0.2) is 0 Å². The van der Waals surface area contributed by atoms with Crippen molar-refractivity contribution in [3.05, 3.63) is 11.4 Å². The summed E-state index contributed by atoms with van der Waals surface area (Å²) in [4.78, 5) is 10.8. The smallest absolute Gasteiger partial charge is 0.358 e. The molecule has 84 valence electrons. The van der Waals surface area contributed by atoms with Gasteiger partial charge in [-0.25, -0.2) is 9.48 Å². The first kappa shape index (κ1) is 11.6. The number of hydrogen-bond acceptors (Lipinski definition) is 4. The molecule has 6 heteroatoms. The van der Waals surface area contributed by atoms with E-state index in [1.54, 1.807) is 4.68 Å². The summed E-state index contributed by atoms with van der Waals surface area (Å²) in [6.45, 7) is 5.13. The average Bonchev–Trinajstić information content (AvgIpc) is 2.48. The van der Waals surface area contributed by atoms with Crippen LogP contribution >= 0.6 is 0 Å². The molecule has 0 bridgehead atoms. The third-order valence-electron chi connectivity index (χ3n) is 1.96. The van der Waals surface area contributed by atoms with Crippen LogP contribution in [0.5, 0.6) is 0 Å². The first-order chi connectivity index (χ1) is 7.06. The lowest BCUT2D eigenvalue weighted by molar-refractivity contribution is 0.0689. The lowest BCUT2D eigenvalue weighted by atomic mass is 10.2. The highest BCUT2D eigenvalue weighted by molar-refractivity contribution is 5.86. The zero-order valence-electron chi connectivity index (χ0n) is 8.97. The van der Waals surface area contributed by atoms with Crippen molar-refractivity contribution in [1.82, 2.24) is 15.0 Å². The van der Waals surface area contributed by atoms with E-state index in [4.69, 9.17) is 10.8 Å². The minimum Gasteiger partial charge on any atom is -0.476 e. The predicted molar refractivity (Wildman–Crippen MR) is 54.6 cm³/mol. The molecule has 6 nitrogen and oxygen atoms in total. The Morgan fingerprint density at radius 3 is 2.73 bits per heavy atom. The van der Waals surface area contributed by atoms with E-state index < -0.39 is 5.97 Å². The molecule has 0 radical (unpaired) electrons. The Labute approximate surface area is 88.1 Å². The molecule has 1 aromatic rings. The van der Waals surface area contributed by atoms with Crippen LogP contribution in [-0.2, 0) is 13.0 Å². The molecule has 1 heterocycles. The highest BCUT2D eigenvalue weighted by atomic mass is 16.4. The molecule has 0 fully saturated rings. The van der Waals surface area contributed by atoms with E-state index in [1.807, 2.05) is 13.8 Å². The molecule has 0 atom stereocenters. The van der Waals surface area contributed by atoms with E-state index in [-0.39, 0.29) is 5.69 Å². The minimum absolute atomic E-state index is 0.0149. The summed E-state index contributed by atoms with van der Waals surface area (Å²) in [5.74, 6) is -0.654. The van der Waals surface area contributed by atoms with Crippen LogP contribution in [-0.4, -0.2) is 32.6 Å². The van der Waals surface area contributed by atoms with Gasteiger partial charge < -0.3 is 10.8 Å². The van der Waals surface area contributed by atoms with E-state index >= 15 is 0 Å². The molecule has 1 rings (SSSR count). The number of carbonyl (C=O) groups is 1. The first-order valence-electron chi connectivity index (χ1n) is 4.92. The van der Waals surface area contributed by atoms with E-state index in [0.717, 1.165) is 0 Å². The van der Waals surface area contributed by atoms with Gasteiger partial charge in [0.25, 0.3) is 0 Å². The lowest BCUT2D eigenvalue weighted by Gasteiger charge is -2.08. The number of nitrogens with two attached hydrogens (primary N) is 1. The molecule has 15 heavy (non-hydrogen) atoms. The van der Waals surface area contributed by atoms with Crippen molar-refractivity contribution >= 4 is 5.97 Å². The molecule has 0 aliphatic rings. The van der Waals surface area contributed by atoms with Crippen LogP contribution in [0.25, 0.3) is 0 Å².